The fraction of sp³-hybridized carbons (Fsp3) is 0.105. The van der Waals surface area contributed by atoms with E-state index in [4.69, 9.17) is 0 Å². The number of benzene rings is 2. The van der Waals surface area contributed by atoms with E-state index in [1.807, 2.05) is 44.2 Å². The van der Waals surface area contributed by atoms with E-state index in [1.165, 1.54) is 12.3 Å². The lowest BCUT2D eigenvalue weighted by molar-refractivity contribution is 0.626. The average Bonchev–Trinajstić information content (AvgIpc) is 2.61. The van der Waals surface area contributed by atoms with Crippen LogP contribution in [0.25, 0.3) is 11.4 Å². The first-order valence-corrected chi connectivity index (χ1v) is 7.59. The molecule has 0 fully saturated rings. The SMILES string of the molecule is Cc1nc(-c2ccccc2)nc(NN=Cc2ccccc2F)c1C. The molecule has 5 heteroatoms. The monoisotopic (exact) mass is 320 g/mol. The number of hydrogen-bond acceptors (Lipinski definition) is 4. The van der Waals surface area contributed by atoms with Gasteiger partial charge >= 0.3 is 0 Å². The van der Waals surface area contributed by atoms with Gasteiger partial charge in [0.05, 0.1) is 6.21 Å². The standard InChI is InChI=1S/C19H17FN4/c1-13-14(2)22-19(15-8-4-3-5-9-15)23-18(13)24-21-12-16-10-6-7-11-17(16)20/h3-12H,1-2H3,(H,22,23,24). The van der Waals surface area contributed by atoms with E-state index >= 15 is 0 Å². The molecule has 0 amide bonds. The molecule has 2 aromatic carbocycles. The lowest BCUT2D eigenvalue weighted by atomic mass is 10.2. The summed E-state index contributed by atoms with van der Waals surface area (Å²) in [4.78, 5) is 9.05. The lowest BCUT2D eigenvalue weighted by Gasteiger charge is -2.09. The van der Waals surface area contributed by atoms with Crippen molar-refractivity contribution in [2.75, 3.05) is 5.43 Å². The van der Waals surface area contributed by atoms with Crippen molar-refractivity contribution in [3.8, 4) is 11.4 Å². The number of rotatable bonds is 4. The molecule has 1 aromatic heterocycles. The largest absolute Gasteiger partial charge is 0.261 e. The van der Waals surface area contributed by atoms with Crippen molar-refractivity contribution in [3.05, 3.63) is 77.2 Å². The number of nitrogens with zero attached hydrogens (tertiary/aromatic N) is 3. The van der Waals surface area contributed by atoms with Crippen LogP contribution in [0.5, 0.6) is 0 Å². The summed E-state index contributed by atoms with van der Waals surface area (Å²) in [6.45, 7) is 3.85. The maximum absolute atomic E-state index is 13.6. The van der Waals surface area contributed by atoms with Crippen molar-refractivity contribution in [2.45, 2.75) is 13.8 Å². The van der Waals surface area contributed by atoms with Gasteiger partial charge in [0.2, 0.25) is 0 Å². The Hall–Kier alpha value is -3.08. The summed E-state index contributed by atoms with van der Waals surface area (Å²) >= 11 is 0. The van der Waals surface area contributed by atoms with Crippen molar-refractivity contribution in [2.24, 2.45) is 5.10 Å². The van der Waals surface area contributed by atoms with Crippen LogP contribution in [-0.4, -0.2) is 16.2 Å². The quantitative estimate of drug-likeness (QED) is 0.574. The van der Waals surface area contributed by atoms with E-state index in [-0.39, 0.29) is 5.82 Å². The molecule has 24 heavy (non-hydrogen) atoms. The first-order chi connectivity index (χ1) is 11.6. The molecule has 0 atom stereocenters. The second kappa shape index (κ2) is 7.00. The highest BCUT2D eigenvalue weighted by molar-refractivity contribution is 5.80. The van der Waals surface area contributed by atoms with Gasteiger partial charge in [-0.1, -0.05) is 48.5 Å². The maximum Gasteiger partial charge on any atom is 0.161 e. The smallest absolute Gasteiger partial charge is 0.161 e. The molecule has 0 radical (unpaired) electrons. The molecule has 3 rings (SSSR count). The number of aromatic nitrogens is 2. The Balaban J connectivity index is 1.88. The number of anilines is 1. The van der Waals surface area contributed by atoms with Gasteiger partial charge in [-0.15, -0.1) is 0 Å². The Morgan fingerprint density at radius 1 is 0.958 bits per heavy atom. The Bertz CT molecular complexity index is 876. The molecule has 3 aromatic rings. The van der Waals surface area contributed by atoms with Gasteiger partial charge in [-0.05, 0) is 19.9 Å². The number of halogens is 1. The second-order valence-corrected chi connectivity index (χ2v) is 5.36. The Labute approximate surface area is 140 Å². The highest BCUT2D eigenvalue weighted by Crippen LogP contribution is 2.21. The number of aryl methyl sites for hydroxylation is 1. The van der Waals surface area contributed by atoms with Crippen molar-refractivity contribution >= 4 is 12.0 Å². The molecule has 0 aliphatic rings. The Morgan fingerprint density at radius 2 is 1.67 bits per heavy atom. The number of hydrogen-bond donors (Lipinski definition) is 1. The van der Waals surface area contributed by atoms with Crippen LogP contribution in [0.15, 0.2) is 59.7 Å². The first kappa shape index (κ1) is 15.8. The molecule has 0 unspecified atom stereocenters. The summed E-state index contributed by atoms with van der Waals surface area (Å²) in [7, 11) is 0. The zero-order valence-corrected chi connectivity index (χ0v) is 13.5. The first-order valence-electron chi connectivity index (χ1n) is 7.59. The van der Waals surface area contributed by atoms with E-state index < -0.39 is 0 Å². The molecule has 0 aliphatic carbocycles. The summed E-state index contributed by atoms with van der Waals surface area (Å²) in [5.74, 6) is 0.917. The van der Waals surface area contributed by atoms with Crippen LogP contribution >= 0.6 is 0 Å². The Morgan fingerprint density at radius 3 is 2.42 bits per heavy atom. The predicted octanol–water partition coefficient (Wildman–Crippen LogP) is 4.35. The lowest BCUT2D eigenvalue weighted by Crippen LogP contribution is -2.03. The van der Waals surface area contributed by atoms with E-state index in [0.29, 0.717) is 17.2 Å². The van der Waals surface area contributed by atoms with Crippen LogP contribution in [0.3, 0.4) is 0 Å². The van der Waals surface area contributed by atoms with Crippen LogP contribution in [0.1, 0.15) is 16.8 Å². The third-order valence-electron chi connectivity index (χ3n) is 3.70. The summed E-state index contributed by atoms with van der Waals surface area (Å²) < 4.78 is 13.6. The van der Waals surface area contributed by atoms with Crippen LogP contribution in [-0.2, 0) is 0 Å². The highest BCUT2D eigenvalue weighted by atomic mass is 19.1. The summed E-state index contributed by atoms with van der Waals surface area (Å²) in [6.07, 6.45) is 1.44. The summed E-state index contributed by atoms with van der Waals surface area (Å²) in [6, 6.07) is 16.2. The highest BCUT2D eigenvalue weighted by Gasteiger charge is 2.09. The molecule has 0 saturated carbocycles. The minimum Gasteiger partial charge on any atom is -0.261 e. The van der Waals surface area contributed by atoms with Crippen LogP contribution in [0, 0.1) is 19.7 Å². The van der Waals surface area contributed by atoms with Crippen molar-refractivity contribution < 1.29 is 4.39 Å². The third kappa shape index (κ3) is 3.46. The van der Waals surface area contributed by atoms with Gasteiger partial charge in [-0.2, -0.15) is 5.10 Å². The summed E-state index contributed by atoms with van der Waals surface area (Å²) in [5, 5.41) is 4.10. The molecular formula is C19H17FN4. The zero-order chi connectivity index (χ0) is 16.9. The molecule has 120 valence electrons. The fourth-order valence-electron chi connectivity index (χ4n) is 2.20. The van der Waals surface area contributed by atoms with Crippen LogP contribution in [0.2, 0.25) is 0 Å². The molecule has 0 bridgehead atoms. The van der Waals surface area contributed by atoms with Gasteiger partial charge in [0.1, 0.15) is 5.82 Å². The molecule has 0 saturated heterocycles. The van der Waals surface area contributed by atoms with Gasteiger partial charge in [0.15, 0.2) is 11.6 Å². The number of hydrazone groups is 1. The number of nitrogens with one attached hydrogen (secondary N) is 1. The van der Waals surface area contributed by atoms with Crippen molar-refractivity contribution in [3.63, 3.8) is 0 Å². The molecule has 1 heterocycles. The van der Waals surface area contributed by atoms with Gasteiger partial charge in [-0.25, -0.2) is 14.4 Å². The topological polar surface area (TPSA) is 50.2 Å². The minimum atomic E-state index is -0.316. The van der Waals surface area contributed by atoms with E-state index in [9.17, 15) is 4.39 Å². The molecule has 1 N–H and O–H groups in total. The van der Waals surface area contributed by atoms with E-state index in [2.05, 4.69) is 20.5 Å². The molecule has 4 nitrogen and oxygen atoms in total. The van der Waals surface area contributed by atoms with Crippen LogP contribution in [0.4, 0.5) is 10.2 Å². The fourth-order valence-corrected chi connectivity index (χ4v) is 2.20. The van der Waals surface area contributed by atoms with E-state index in [0.717, 1.165) is 16.8 Å². The maximum atomic E-state index is 13.6. The zero-order valence-electron chi connectivity index (χ0n) is 13.5. The molecule has 0 aliphatic heterocycles. The van der Waals surface area contributed by atoms with Gasteiger partial charge < -0.3 is 0 Å². The van der Waals surface area contributed by atoms with Crippen LogP contribution < -0.4 is 5.43 Å². The van der Waals surface area contributed by atoms with Gasteiger partial charge in [0, 0.05) is 22.4 Å². The van der Waals surface area contributed by atoms with Gasteiger partial charge in [0.25, 0.3) is 0 Å². The molecular weight excluding hydrogens is 303 g/mol. The van der Waals surface area contributed by atoms with E-state index in [1.54, 1.807) is 18.2 Å². The second-order valence-electron chi connectivity index (χ2n) is 5.36. The summed E-state index contributed by atoms with van der Waals surface area (Å²) in [5.41, 5.74) is 6.01. The normalized spacial score (nSPS) is 11.0. The third-order valence-corrected chi connectivity index (χ3v) is 3.70. The average molecular weight is 320 g/mol. The van der Waals surface area contributed by atoms with Crippen molar-refractivity contribution in [1.29, 1.82) is 0 Å². The van der Waals surface area contributed by atoms with Crippen molar-refractivity contribution in [1.82, 2.24) is 9.97 Å². The molecule has 0 spiro atoms. The predicted molar refractivity (Wildman–Crippen MR) is 94.6 cm³/mol. The Kier molecular flexibility index (Phi) is 4.61. The minimum absolute atomic E-state index is 0.316. The van der Waals surface area contributed by atoms with Gasteiger partial charge in [-0.3, -0.25) is 5.43 Å².